The Kier molecular flexibility index (Phi) is 6.25. The van der Waals surface area contributed by atoms with Crippen LogP contribution in [0.5, 0.6) is 5.75 Å². The Labute approximate surface area is 167 Å². The number of rotatable bonds is 7. The molecule has 2 amide bonds. The molecule has 0 spiro atoms. The van der Waals surface area contributed by atoms with Crippen LogP contribution in [0.25, 0.3) is 0 Å². The number of ether oxygens (including phenoxy) is 1. The second-order valence-corrected chi connectivity index (χ2v) is 9.20. The number of hydrogen-bond acceptors (Lipinski definition) is 6. The van der Waals surface area contributed by atoms with Gasteiger partial charge in [0.1, 0.15) is 5.75 Å². The van der Waals surface area contributed by atoms with Crippen LogP contribution in [-0.4, -0.2) is 38.3 Å². The van der Waals surface area contributed by atoms with Crippen LogP contribution in [0.1, 0.15) is 13.3 Å². The van der Waals surface area contributed by atoms with Crippen molar-refractivity contribution in [1.29, 1.82) is 0 Å². The molecule has 28 heavy (non-hydrogen) atoms. The summed E-state index contributed by atoms with van der Waals surface area (Å²) in [6.45, 7) is 2.43. The third kappa shape index (κ3) is 5.05. The third-order valence-electron chi connectivity index (χ3n) is 3.99. The van der Waals surface area contributed by atoms with Crippen LogP contribution in [0, 0.1) is 0 Å². The topological polar surface area (TPSA) is 102 Å². The van der Waals surface area contributed by atoms with Gasteiger partial charge in [0.2, 0.25) is 11.8 Å². The van der Waals surface area contributed by atoms with E-state index in [-0.39, 0.29) is 23.0 Å². The second-order valence-electron chi connectivity index (χ2n) is 6.07. The maximum atomic E-state index is 12.6. The first-order valence-electron chi connectivity index (χ1n) is 8.69. The molecular formula is C19H20N2O5S2. The number of nitrogens with one attached hydrogen (secondary N) is 2. The van der Waals surface area contributed by atoms with E-state index in [0.29, 0.717) is 29.5 Å². The Hall–Kier alpha value is -2.52. The van der Waals surface area contributed by atoms with E-state index in [0.717, 1.165) is 4.90 Å². The minimum atomic E-state index is -3.65. The van der Waals surface area contributed by atoms with E-state index in [1.807, 2.05) is 6.92 Å². The Balaban J connectivity index is 1.60. The third-order valence-corrected chi connectivity index (χ3v) is 6.78. The van der Waals surface area contributed by atoms with E-state index in [9.17, 15) is 18.0 Å². The standard InChI is InChI=1S/C19H20N2O5S2/c1-2-26-14-5-3-13(4-6-14)20-18(22)9-10-28(24,25)15-7-8-17-16(11-15)21-19(23)12-27-17/h3-8,11H,2,9-10,12H2,1H3,(H,20,22)(H,21,23). The van der Waals surface area contributed by atoms with Gasteiger partial charge in [-0.15, -0.1) is 11.8 Å². The molecule has 7 nitrogen and oxygen atoms in total. The summed E-state index contributed by atoms with van der Waals surface area (Å²) in [7, 11) is -3.65. The monoisotopic (exact) mass is 420 g/mol. The fraction of sp³-hybridized carbons (Fsp3) is 0.263. The molecule has 0 bridgehead atoms. The SMILES string of the molecule is CCOc1ccc(NC(=O)CCS(=O)(=O)c2ccc3c(c2)NC(=O)CS3)cc1. The molecule has 1 aliphatic rings. The summed E-state index contributed by atoms with van der Waals surface area (Å²) in [6, 6.07) is 11.5. The van der Waals surface area contributed by atoms with E-state index in [1.165, 1.54) is 23.9 Å². The first-order valence-corrected chi connectivity index (χ1v) is 11.3. The fourth-order valence-corrected chi connectivity index (χ4v) is 4.68. The number of hydrogen-bond donors (Lipinski definition) is 2. The Morgan fingerprint density at radius 3 is 2.68 bits per heavy atom. The van der Waals surface area contributed by atoms with Gasteiger partial charge in [0.05, 0.1) is 28.7 Å². The lowest BCUT2D eigenvalue weighted by Crippen LogP contribution is -2.20. The van der Waals surface area contributed by atoms with Crippen molar-refractivity contribution in [1.82, 2.24) is 0 Å². The van der Waals surface area contributed by atoms with Crippen molar-refractivity contribution >= 4 is 44.8 Å². The molecule has 0 saturated heterocycles. The van der Waals surface area contributed by atoms with Crippen molar-refractivity contribution in [2.75, 3.05) is 28.7 Å². The predicted molar refractivity (Wildman–Crippen MR) is 109 cm³/mol. The molecule has 1 aliphatic heterocycles. The van der Waals surface area contributed by atoms with Gasteiger partial charge in [0, 0.05) is 17.0 Å². The number of fused-ring (bicyclic) bond motifs is 1. The van der Waals surface area contributed by atoms with Gasteiger partial charge in [-0.1, -0.05) is 0 Å². The molecule has 0 atom stereocenters. The Morgan fingerprint density at radius 1 is 1.21 bits per heavy atom. The molecular weight excluding hydrogens is 400 g/mol. The second kappa shape index (κ2) is 8.66. The summed E-state index contributed by atoms with van der Waals surface area (Å²) in [5.74, 6) is 0.123. The lowest BCUT2D eigenvalue weighted by Gasteiger charge is -2.17. The molecule has 0 aromatic heterocycles. The number of anilines is 2. The highest BCUT2D eigenvalue weighted by Crippen LogP contribution is 2.33. The van der Waals surface area contributed by atoms with E-state index >= 15 is 0 Å². The molecule has 2 N–H and O–H groups in total. The van der Waals surface area contributed by atoms with Gasteiger partial charge in [-0.05, 0) is 49.4 Å². The summed E-state index contributed by atoms with van der Waals surface area (Å²) in [5.41, 5.74) is 1.06. The van der Waals surface area contributed by atoms with Gasteiger partial charge in [-0.2, -0.15) is 0 Å². The van der Waals surface area contributed by atoms with Gasteiger partial charge in [0.15, 0.2) is 9.84 Å². The molecule has 0 aliphatic carbocycles. The Morgan fingerprint density at radius 2 is 1.96 bits per heavy atom. The van der Waals surface area contributed by atoms with Gasteiger partial charge in [0.25, 0.3) is 0 Å². The molecule has 0 radical (unpaired) electrons. The minimum absolute atomic E-state index is 0.0860. The normalized spacial score (nSPS) is 13.4. The minimum Gasteiger partial charge on any atom is -0.494 e. The number of sulfone groups is 1. The summed E-state index contributed by atoms with van der Waals surface area (Å²) in [5, 5.41) is 5.34. The van der Waals surface area contributed by atoms with E-state index in [1.54, 1.807) is 30.3 Å². The molecule has 3 rings (SSSR count). The fourth-order valence-electron chi connectivity index (χ4n) is 2.63. The van der Waals surface area contributed by atoms with Crippen LogP contribution in [0.4, 0.5) is 11.4 Å². The molecule has 148 valence electrons. The predicted octanol–water partition coefficient (Wildman–Crippen LogP) is 2.93. The van der Waals surface area contributed by atoms with Gasteiger partial charge >= 0.3 is 0 Å². The smallest absolute Gasteiger partial charge is 0.234 e. The molecule has 0 fully saturated rings. The number of thioether (sulfide) groups is 1. The van der Waals surface area contributed by atoms with Gasteiger partial charge in [-0.3, -0.25) is 9.59 Å². The highest BCUT2D eigenvalue weighted by atomic mass is 32.2. The van der Waals surface area contributed by atoms with Gasteiger partial charge < -0.3 is 15.4 Å². The zero-order valence-corrected chi connectivity index (χ0v) is 16.9. The van der Waals surface area contributed by atoms with Crippen LogP contribution < -0.4 is 15.4 Å². The average molecular weight is 421 g/mol. The first-order chi connectivity index (χ1) is 13.4. The number of carbonyl (C=O) groups is 2. The lowest BCUT2D eigenvalue weighted by atomic mass is 10.3. The van der Waals surface area contributed by atoms with Crippen molar-refractivity contribution in [3.05, 3.63) is 42.5 Å². The van der Waals surface area contributed by atoms with Crippen molar-refractivity contribution in [3.8, 4) is 5.75 Å². The van der Waals surface area contributed by atoms with Crippen molar-refractivity contribution in [3.63, 3.8) is 0 Å². The first kappa shape index (κ1) is 20.2. The van der Waals surface area contributed by atoms with E-state index < -0.39 is 15.7 Å². The molecule has 2 aromatic rings. The summed E-state index contributed by atoms with van der Waals surface area (Å²) in [4.78, 5) is 24.5. The number of benzene rings is 2. The highest BCUT2D eigenvalue weighted by molar-refractivity contribution is 8.00. The zero-order valence-electron chi connectivity index (χ0n) is 15.2. The molecule has 0 unspecified atom stereocenters. The van der Waals surface area contributed by atoms with Crippen LogP contribution in [0.3, 0.4) is 0 Å². The maximum absolute atomic E-state index is 12.6. The van der Waals surface area contributed by atoms with Gasteiger partial charge in [-0.25, -0.2) is 8.42 Å². The molecule has 9 heteroatoms. The summed E-state index contributed by atoms with van der Waals surface area (Å²) >= 11 is 1.36. The van der Waals surface area contributed by atoms with Crippen LogP contribution >= 0.6 is 11.8 Å². The molecule has 2 aromatic carbocycles. The quantitative estimate of drug-likeness (QED) is 0.714. The van der Waals surface area contributed by atoms with Crippen LogP contribution in [0.2, 0.25) is 0 Å². The average Bonchev–Trinajstić information content (AvgIpc) is 2.67. The Bertz CT molecular complexity index is 988. The molecule has 0 saturated carbocycles. The number of carbonyl (C=O) groups excluding carboxylic acids is 2. The largest absolute Gasteiger partial charge is 0.494 e. The van der Waals surface area contributed by atoms with E-state index in [4.69, 9.17) is 4.74 Å². The zero-order chi connectivity index (χ0) is 20.1. The van der Waals surface area contributed by atoms with E-state index in [2.05, 4.69) is 10.6 Å². The van der Waals surface area contributed by atoms with Crippen molar-refractivity contribution in [2.45, 2.75) is 23.1 Å². The maximum Gasteiger partial charge on any atom is 0.234 e. The lowest BCUT2D eigenvalue weighted by molar-refractivity contribution is -0.116. The van der Waals surface area contributed by atoms with Crippen molar-refractivity contribution in [2.24, 2.45) is 0 Å². The van der Waals surface area contributed by atoms with Crippen LogP contribution in [-0.2, 0) is 19.4 Å². The highest BCUT2D eigenvalue weighted by Gasteiger charge is 2.21. The summed E-state index contributed by atoms with van der Waals surface area (Å²) in [6.07, 6.45) is -0.173. The van der Waals surface area contributed by atoms with Crippen LogP contribution in [0.15, 0.2) is 52.3 Å². The summed E-state index contributed by atoms with van der Waals surface area (Å²) < 4.78 is 30.4. The number of amides is 2. The van der Waals surface area contributed by atoms with Crippen molar-refractivity contribution < 1.29 is 22.7 Å². The molecule has 1 heterocycles.